The molecule has 6 nitrogen and oxygen atoms in total. The third-order valence-corrected chi connectivity index (χ3v) is 3.23. The molecule has 0 bridgehead atoms. The second-order valence-corrected chi connectivity index (χ2v) is 5.25. The summed E-state index contributed by atoms with van der Waals surface area (Å²) in [6, 6.07) is 0.254. The first-order valence-electron chi connectivity index (χ1n) is 5.73. The minimum absolute atomic E-state index is 0.126. The molecule has 0 saturated carbocycles. The van der Waals surface area contributed by atoms with Crippen LogP contribution in [0.3, 0.4) is 0 Å². The number of nitrogen functional groups attached to an aromatic ring is 1. The lowest BCUT2D eigenvalue weighted by Gasteiger charge is -2.15. The molecule has 1 amide bonds. The first kappa shape index (κ1) is 14.7. The molecule has 0 atom stereocenters. The Morgan fingerprint density at radius 2 is 2.28 bits per heavy atom. The number of amides is 1. The van der Waals surface area contributed by atoms with Gasteiger partial charge in [-0.15, -0.1) is 0 Å². The fraction of sp³-hybridized carbons (Fsp3) is 0.636. The number of carbonyl (C=O) groups excluding carboxylic acids is 1. The van der Waals surface area contributed by atoms with E-state index in [0.717, 1.165) is 0 Å². The highest BCUT2D eigenvalue weighted by Gasteiger charge is 2.19. The number of hydrogen-bond acceptors (Lipinski definition) is 6. The van der Waals surface area contributed by atoms with Crippen LogP contribution in [0.15, 0.2) is 0 Å². The molecule has 0 spiro atoms. The van der Waals surface area contributed by atoms with E-state index in [1.807, 2.05) is 13.8 Å². The van der Waals surface area contributed by atoms with Crippen LogP contribution in [0.5, 0.6) is 0 Å². The zero-order chi connectivity index (χ0) is 13.7. The van der Waals surface area contributed by atoms with E-state index in [0.29, 0.717) is 23.2 Å². The number of carbonyl (C=O) groups is 1. The van der Waals surface area contributed by atoms with Crippen molar-refractivity contribution in [3.8, 4) is 0 Å². The van der Waals surface area contributed by atoms with Gasteiger partial charge in [0.25, 0.3) is 5.91 Å². The van der Waals surface area contributed by atoms with Crippen molar-refractivity contribution in [1.29, 1.82) is 0 Å². The molecule has 1 heterocycles. The Bertz CT molecular complexity index is 406. The maximum atomic E-state index is 12.1. The molecule has 0 aromatic carbocycles. The molecule has 0 aliphatic rings. The summed E-state index contributed by atoms with van der Waals surface area (Å²) < 4.78 is 4.94. The van der Waals surface area contributed by atoms with Crippen LogP contribution >= 0.6 is 11.3 Å². The van der Waals surface area contributed by atoms with Crippen LogP contribution in [0, 0.1) is 0 Å². The molecule has 0 fully saturated rings. The molecular formula is C11H20N4O2S. The minimum Gasteiger partial charge on any atom is -0.383 e. The second-order valence-electron chi connectivity index (χ2n) is 4.25. The standard InChI is InChI=1S/C11H20N4O2S/c1-7(2)13-11-14-9(12)8(18-11)10(16)15(3)5-6-17-4/h7H,5-6,12H2,1-4H3,(H,13,14). The first-order valence-corrected chi connectivity index (χ1v) is 6.54. The predicted octanol–water partition coefficient (Wildman–Crippen LogP) is 1.26. The topological polar surface area (TPSA) is 80.5 Å². The molecule has 0 saturated heterocycles. The second kappa shape index (κ2) is 6.55. The van der Waals surface area contributed by atoms with Crippen molar-refractivity contribution in [2.45, 2.75) is 19.9 Å². The molecule has 0 aliphatic carbocycles. The van der Waals surface area contributed by atoms with Gasteiger partial charge in [-0.05, 0) is 13.8 Å². The summed E-state index contributed by atoms with van der Waals surface area (Å²) in [5.74, 6) is 0.149. The van der Waals surface area contributed by atoms with Crippen molar-refractivity contribution < 1.29 is 9.53 Å². The van der Waals surface area contributed by atoms with Crippen molar-refractivity contribution >= 4 is 28.2 Å². The lowest BCUT2D eigenvalue weighted by atomic mass is 10.4. The smallest absolute Gasteiger partial charge is 0.267 e. The van der Waals surface area contributed by atoms with Crippen molar-refractivity contribution in [3.05, 3.63) is 4.88 Å². The highest BCUT2D eigenvalue weighted by atomic mass is 32.1. The van der Waals surface area contributed by atoms with E-state index in [-0.39, 0.29) is 17.8 Å². The zero-order valence-corrected chi connectivity index (χ0v) is 12.0. The number of aromatic nitrogens is 1. The number of nitrogens with one attached hydrogen (secondary N) is 1. The monoisotopic (exact) mass is 272 g/mol. The Morgan fingerprint density at radius 1 is 1.61 bits per heavy atom. The van der Waals surface area contributed by atoms with Crippen LogP contribution in [0.25, 0.3) is 0 Å². The van der Waals surface area contributed by atoms with Gasteiger partial charge >= 0.3 is 0 Å². The van der Waals surface area contributed by atoms with Gasteiger partial charge in [0, 0.05) is 26.7 Å². The van der Waals surface area contributed by atoms with E-state index in [1.165, 1.54) is 11.3 Å². The van der Waals surface area contributed by atoms with E-state index in [2.05, 4.69) is 10.3 Å². The van der Waals surface area contributed by atoms with Crippen molar-refractivity contribution in [3.63, 3.8) is 0 Å². The predicted molar refractivity (Wildman–Crippen MR) is 74.1 cm³/mol. The van der Waals surface area contributed by atoms with Gasteiger partial charge in [-0.3, -0.25) is 4.79 Å². The van der Waals surface area contributed by atoms with Gasteiger partial charge in [-0.1, -0.05) is 11.3 Å². The van der Waals surface area contributed by atoms with Gasteiger partial charge in [0.2, 0.25) is 0 Å². The Hall–Kier alpha value is -1.34. The number of likely N-dealkylation sites (N-methyl/N-ethyl adjacent to an activating group) is 1. The summed E-state index contributed by atoms with van der Waals surface area (Å²) in [6.45, 7) is 5.03. The van der Waals surface area contributed by atoms with Crippen molar-refractivity contribution in [2.24, 2.45) is 0 Å². The molecular weight excluding hydrogens is 252 g/mol. The van der Waals surface area contributed by atoms with E-state index in [4.69, 9.17) is 10.5 Å². The van der Waals surface area contributed by atoms with E-state index in [9.17, 15) is 4.79 Å². The van der Waals surface area contributed by atoms with E-state index >= 15 is 0 Å². The third-order valence-electron chi connectivity index (χ3n) is 2.24. The molecule has 0 unspecified atom stereocenters. The molecule has 0 radical (unpaired) electrons. The molecule has 1 aromatic rings. The number of hydrogen-bond donors (Lipinski definition) is 2. The molecule has 7 heteroatoms. The molecule has 0 aliphatic heterocycles. The summed E-state index contributed by atoms with van der Waals surface area (Å²) >= 11 is 1.28. The number of nitrogens with zero attached hydrogens (tertiary/aromatic N) is 2. The van der Waals surface area contributed by atoms with Gasteiger partial charge < -0.3 is 20.7 Å². The van der Waals surface area contributed by atoms with Gasteiger partial charge in [0.05, 0.1) is 6.61 Å². The Labute approximate surface area is 111 Å². The molecule has 1 aromatic heterocycles. The zero-order valence-electron chi connectivity index (χ0n) is 11.2. The van der Waals surface area contributed by atoms with Crippen LogP contribution in [0.2, 0.25) is 0 Å². The molecule has 18 heavy (non-hydrogen) atoms. The van der Waals surface area contributed by atoms with Crippen molar-refractivity contribution in [1.82, 2.24) is 9.88 Å². The van der Waals surface area contributed by atoms with E-state index in [1.54, 1.807) is 19.1 Å². The van der Waals surface area contributed by atoms with Gasteiger partial charge in [-0.2, -0.15) is 0 Å². The Morgan fingerprint density at radius 3 is 2.83 bits per heavy atom. The number of thiazole rings is 1. The average Bonchev–Trinajstić information content (AvgIpc) is 2.65. The van der Waals surface area contributed by atoms with E-state index < -0.39 is 0 Å². The van der Waals surface area contributed by atoms with Crippen LogP contribution in [0.1, 0.15) is 23.5 Å². The van der Waals surface area contributed by atoms with Gasteiger partial charge in [0.1, 0.15) is 10.7 Å². The normalized spacial score (nSPS) is 10.7. The van der Waals surface area contributed by atoms with Crippen LogP contribution in [0.4, 0.5) is 10.9 Å². The SMILES string of the molecule is COCCN(C)C(=O)c1sc(NC(C)C)nc1N. The lowest BCUT2D eigenvalue weighted by Crippen LogP contribution is -2.29. The number of nitrogens with two attached hydrogens (primary N) is 1. The fourth-order valence-corrected chi connectivity index (χ4v) is 2.32. The minimum atomic E-state index is -0.126. The molecule has 3 N–H and O–H groups in total. The quantitative estimate of drug-likeness (QED) is 0.815. The number of anilines is 2. The number of ether oxygens (including phenoxy) is 1. The van der Waals surface area contributed by atoms with Crippen LogP contribution < -0.4 is 11.1 Å². The molecule has 1 rings (SSSR count). The average molecular weight is 272 g/mol. The molecule has 102 valence electrons. The number of rotatable bonds is 6. The van der Waals surface area contributed by atoms with Crippen molar-refractivity contribution in [2.75, 3.05) is 38.4 Å². The Kier molecular flexibility index (Phi) is 5.36. The summed E-state index contributed by atoms with van der Waals surface area (Å²) in [6.07, 6.45) is 0. The Balaban J connectivity index is 2.76. The lowest BCUT2D eigenvalue weighted by molar-refractivity contribution is 0.0749. The van der Waals surface area contributed by atoms with Crippen LogP contribution in [-0.4, -0.2) is 49.1 Å². The summed E-state index contributed by atoms with van der Waals surface area (Å²) in [7, 11) is 3.32. The maximum Gasteiger partial charge on any atom is 0.267 e. The summed E-state index contributed by atoms with van der Waals surface area (Å²) in [4.78, 5) is 18.3. The summed E-state index contributed by atoms with van der Waals surface area (Å²) in [5.41, 5.74) is 5.77. The number of methoxy groups -OCH3 is 1. The highest BCUT2D eigenvalue weighted by molar-refractivity contribution is 7.18. The third kappa shape index (κ3) is 3.85. The largest absolute Gasteiger partial charge is 0.383 e. The van der Waals surface area contributed by atoms with Gasteiger partial charge in [0.15, 0.2) is 5.13 Å². The van der Waals surface area contributed by atoms with Gasteiger partial charge in [-0.25, -0.2) is 4.98 Å². The van der Waals surface area contributed by atoms with Crippen LogP contribution in [-0.2, 0) is 4.74 Å². The highest BCUT2D eigenvalue weighted by Crippen LogP contribution is 2.26. The fourth-order valence-electron chi connectivity index (χ4n) is 1.30. The first-order chi connectivity index (χ1) is 8.45. The summed E-state index contributed by atoms with van der Waals surface area (Å²) in [5, 5.41) is 3.81. The maximum absolute atomic E-state index is 12.1.